The molecule has 1 aliphatic carbocycles. The van der Waals surface area contributed by atoms with Gasteiger partial charge >= 0.3 is 0 Å². The van der Waals surface area contributed by atoms with Gasteiger partial charge in [-0.2, -0.15) is 0 Å². The second-order valence-corrected chi connectivity index (χ2v) is 7.51. The lowest BCUT2D eigenvalue weighted by molar-refractivity contribution is 0.125. The monoisotopic (exact) mass is 315 g/mol. The summed E-state index contributed by atoms with van der Waals surface area (Å²) in [4.78, 5) is 7.48. The Kier molecular flexibility index (Phi) is 4.54. The Labute approximate surface area is 139 Å². The van der Waals surface area contributed by atoms with Gasteiger partial charge in [-0.25, -0.2) is 0 Å². The molecule has 4 heteroatoms. The maximum Gasteiger partial charge on any atom is 0.0626 e. The van der Waals surface area contributed by atoms with Crippen LogP contribution in [0.3, 0.4) is 0 Å². The summed E-state index contributed by atoms with van der Waals surface area (Å²) in [6.07, 6.45) is 7.47. The van der Waals surface area contributed by atoms with E-state index in [-0.39, 0.29) is 0 Å². The molecule has 1 aromatic heterocycles. The molecule has 3 heterocycles. The first-order valence-corrected chi connectivity index (χ1v) is 9.41. The van der Waals surface area contributed by atoms with Gasteiger partial charge in [0.25, 0.3) is 0 Å². The minimum atomic E-state index is 0.357. The number of aromatic nitrogens is 1. The van der Waals surface area contributed by atoms with E-state index in [2.05, 4.69) is 21.6 Å². The van der Waals surface area contributed by atoms with E-state index in [0.717, 1.165) is 57.9 Å². The number of hydrogen-bond donors (Lipinski definition) is 1. The van der Waals surface area contributed by atoms with E-state index in [1.54, 1.807) is 0 Å². The Morgan fingerprint density at radius 2 is 1.87 bits per heavy atom. The normalized spacial score (nSPS) is 24.0. The summed E-state index contributed by atoms with van der Waals surface area (Å²) in [7, 11) is 0. The van der Waals surface area contributed by atoms with Crippen molar-refractivity contribution in [2.75, 3.05) is 26.2 Å². The molecule has 0 aromatic carbocycles. The third-order valence-corrected chi connectivity index (χ3v) is 6.00. The molecular formula is C19H29N3O. The minimum absolute atomic E-state index is 0.357. The van der Waals surface area contributed by atoms with Crippen molar-refractivity contribution < 1.29 is 5.11 Å². The van der Waals surface area contributed by atoms with Crippen LogP contribution in [-0.2, 0) is 13.1 Å². The van der Waals surface area contributed by atoms with Crippen molar-refractivity contribution in [3.8, 4) is 0 Å². The third kappa shape index (κ3) is 3.11. The lowest BCUT2D eigenvalue weighted by Crippen LogP contribution is -2.35. The summed E-state index contributed by atoms with van der Waals surface area (Å²) in [5.41, 5.74) is 4.24. The Balaban J connectivity index is 1.49. The summed E-state index contributed by atoms with van der Waals surface area (Å²) in [5.74, 6) is 1.24. The van der Waals surface area contributed by atoms with Gasteiger partial charge in [0, 0.05) is 37.9 Å². The van der Waals surface area contributed by atoms with Crippen LogP contribution >= 0.6 is 0 Å². The number of aliphatic hydroxyl groups is 1. The number of aliphatic imine (C=N–C) groups is 1. The fourth-order valence-electron chi connectivity index (χ4n) is 4.22. The van der Waals surface area contributed by atoms with Crippen molar-refractivity contribution in [2.24, 2.45) is 16.8 Å². The highest BCUT2D eigenvalue weighted by atomic mass is 16.3. The summed E-state index contributed by atoms with van der Waals surface area (Å²) in [5, 5.41) is 9.30. The Morgan fingerprint density at radius 3 is 2.57 bits per heavy atom. The number of piperidine rings is 1. The van der Waals surface area contributed by atoms with E-state index in [1.165, 1.54) is 36.4 Å². The first kappa shape index (κ1) is 15.4. The Hall–Kier alpha value is -1.13. The topological polar surface area (TPSA) is 40.8 Å². The number of hydrogen-bond acceptors (Lipinski definition) is 3. The highest BCUT2D eigenvalue weighted by Gasteiger charge is 2.28. The van der Waals surface area contributed by atoms with Gasteiger partial charge in [0.1, 0.15) is 0 Å². The molecule has 1 saturated carbocycles. The predicted molar refractivity (Wildman–Crippen MR) is 92.9 cm³/mol. The first-order valence-electron chi connectivity index (χ1n) is 9.41. The molecule has 0 amide bonds. The van der Waals surface area contributed by atoms with Gasteiger partial charge in [0.15, 0.2) is 0 Å². The minimum Gasteiger partial charge on any atom is -0.396 e. The summed E-state index contributed by atoms with van der Waals surface area (Å²) >= 11 is 0. The van der Waals surface area contributed by atoms with Gasteiger partial charge in [-0.15, -0.1) is 0 Å². The molecule has 0 radical (unpaired) electrons. The van der Waals surface area contributed by atoms with Crippen molar-refractivity contribution in [3.63, 3.8) is 0 Å². The maximum atomic E-state index is 9.30. The van der Waals surface area contributed by atoms with Crippen LogP contribution in [0.5, 0.6) is 0 Å². The van der Waals surface area contributed by atoms with Crippen LogP contribution in [0.2, 0.25) is 0 Å². The molecule has 126 valence electrons. The van der Waals surface area contributed by atoms with Crippen molar-refractivity contribution in [3.05, 3.63) is 23.5 Å². The average Bonchev–Trinajstić information content (AvgIpc) is 2.80. The fourth-order valence-corrected chi connectivity index (χ4v) is 4.22. The van der Waals surface area contributed by atoms with Crippen molar-refractivity contribution in [2.45, 2.75) is 51.6 Å². The highest BCUT2D eigenvalue weighted by Crippen LogP contribution is 2.32. The standard InChI is InChI=1S/C19H29N3O/c23-14-15-7-11-21(12-8-15)13-17-5-6-18-19(16-3-1-4-16)20-9-2-10-22(17)18/h5-6,15-16,23H,1-4,7-14H2. The summed E-state index contributed by atoms with van der Waals surface area (Å²) in [6.45, 7) is 5.76. The Morgan fingerprint density at radius 1 is 1.04 bits per heavy atom. The van der Waals surface area contributed by atoms with E-state index in [0.29, 0.717) is 12.5 Å². The average molecular weight is 315 g/mol. The number of likely N-dealkylation sites (tertiary alicyclic amines) is 1. The molecule has 0 bridgehead atoms. The first-order chi connectivity index (χ1) is 11.3. The van der Waals surface area contributed by atoms with Gasteiger partial charge in [-0.1, -0.05) is 6.42 Å². The van der Waals surface area contributed by atoms with Crippen LogP contribution in [0.1, 0.15) is 49.9 Å². The maximum absolute atomic E-state index is 9.30. The number of fused-ring (bicyclic) bond motifs is 1. The second-order valence-electron chi connectivity index (χ2n) is 7.51. The van der Waals surface area contributed by atoms with E-state index in [1.807, 2.05) is 0 Å². The summed E-state index contributed by atoms with van der Waals surface area (Å²) in [6, 6.07) is 4.64. The Bertz CT molecular complexity index is 565. The van der Waals surface area contributed by atoms with E-state index in [9.17, 15) is 5.11 Å². The number of rotatable bonds is 4. The van der Waals surface area contributed by atoms with Crippen molar-refractivity contribution in [1.82, 2.24) is 9.47 Å². The fraction of sp³-hybridized carbons (Fsp3) is 0.737. The molecule has 2 fully saturated rings. The van der Waals surface area contributed by atoms with Crippen LogP contribution in [0.4, 0.5) is 0 Å². The lowest BCUT2D eigenvalue weighted by atomic mass is 9.80. The molecular weight excluding hydrogens is 286 g/mol. The molecule has 0 atom stereocenters. The van der Waals surface area contributed by atoms with Crippen molar-refractivity contribution in [1.29, 1.82) is 0 Å². The third-order valence-electron chi connectivity index (χ3n) is 6.00. The molecule has 1 N–H and O–H groups in total. The van der Waals surface area contributed by atoms with Gasteiger partial charge < -0.3 is 9.67 Å². The molecule has 23 heavy (non-hydrogen) atoms. The molecule has 4 rings (SSSR count). The van der Waals surface area contributed by atoms with Crippen molar-refractivity contribution >= 4 is 5.71 Å². The van der Waals surface area contributed by atoms with E-state index >= 15 is 0 Å². The predicted octanol–water partition coefficient (Wildman–Crippen LogP) is 2.69. The van der Waals surface area contributed by atoms with Gasteiger partial charge in [0.2, 0.25) is 0 Å². The molecule has 0 unspecified atom stereocenters. The van der Waals surface area contributed by atoms with Crippen LogP contribution < -0.4 is 0 Å². The van der Waals surface area contributed by atoms with Crippen LogP contribution in [0.15, 0.2) is 17.1 Å². The van der Waals surface area contributed by atoms with E-state index < -0.39 is 0 Å². The largest absolute Gasteiger partial charge is 0.396 e. The molecule has 2 aliphatic heterocycles. The molecule has 3 aliphatic rings. The van der Waals surface area contributed by atoms with E-state index in [4.69, 9.17) is 4.99 Å². The van der Waals surface area contributed by atoms with Gasteiger partial charge in [-0.05, 0) is 63.2 Å². The second kappa shape index (κ2) is 6.78. The van der Waals surface area contributed by atoms with Gasteiger partial charge in [0.05, 0.1) is 11.4 Å². The molecule has 1 aromatic rings. The van der Waals surface area contributed by atoms with Crippen LogP contribution in [0.25, 0.3) is 0 Å². The molecule has 0 spiro atoms. The van der Waals surface area contributed by atoms with Crippen LogP contribution in [0, 0.1) is 11.8 Å². The SMILES string of the molecule is OCC1CCN(Cc2ccc3n2CCCN=C3C2CCC2)CC1. The zero-order chi connectivity index (χ0) is 15.6. The quantitative estimate of drug-likeness (QED) is 0.928. The zero-order valence-electron chi connectivity index (χ0n) is 14.1. The zero-order valence-corrected chi connectivity index (χ0v) is 14.1. The highest BCUT2D eigenvalue weighted by molar-refractivity contribution is 6.01. The number of aliphatic hydroxyl groups excluding tert-OH is 1. The summed E-state index contributed by atoms with van der Waals surface area (Å²) < 4.78 is 2.54. The molecule has 4 nitrogen and oxygen atoms in total. The van der Waals surface area contributed by atoms with Gasteiger partial charge in [-0.3, -0.25) is 9.89 Å². The smallest absolute Gasteiger partial charge is 0.0626 e. The number of nitrogens with zero attached hydrogens (tertiary/aromatic N) is 3. The lowest BCUT2D eigenvalue weighted by Gasteiger charge is -2.31. The molecule has 1 saturated heterocycles. The van der Waals surface area contributed by atoms with Crippen LogP contribution in [-0.4, -0.2) is 46.5 Å².